The zero-order valence-corrected chi connectivity index (χ0v) is 13.7. The summed E-state index contributed by atoms with van der Waals surface area (Å²) in [5.74, 6) is 0.663. The number of amides is 2. The zero-order chi connectivity index (χ0) is 18.0. The van der Waals surface area contributed by atoms with Gasteiger partial charge >= 0.3 is 12.2 Å². The second-order valence-corrected chi connectivity index (χ2v) is 6.04. The van der Waals surface area contributed by atoms with Crippen molar-refractivity contribution in [3.63, 3.8) is 0 Å². The molecule has 3 rings (SSSR count). The molecule has 0 unspecified atom stereocenters. The summed E-state index contributed by atoms with van der Waals surface area (Å²) in [6.07, 6.45) is -4.47. The lowest BCUT2D eigenvalue weighted by atomic mass is 10.2. The first kappa shape index (κ1) is 17.0. The van der Waals surface area contributed by atoms with Gasteiger partial charge in [0.1, 0.15) is 5.75 Å². The number of hydrogen-bond donors (Lipinski definition) is 2. The molecule has 0 aliphatic heterocycles. The Labute approximate surface area is 144 Å². The Bertz CT molecular complexity index is 924. The Morgan fingerprint density at radius 3 is 2.68 bits per heavy atom. The number of urea groups is 1. The standard InChI is InChI=1S/C16H12F3N3O2S/c1-24-11-5-6-12-13(8-11)25-15(21-12)22-14(23)20-10-4-2-3-9(7-10)16(17,18)19/h2-8H,1H3,(H2,20,21,22,23). The number of nitrogens with one attached hydrogen (secondary N) is 2. The molecular weight excluding hydrogens is 355 g/mol. The summed E-state index contributed by atoms with van der Waals surface area (Å²) >= 11 is 1.23. The molecule has 0 saturated carbocycles. The van der Waals surface area contributed by atoms with Crippen LogP contribution >= 0.6 is 11.3 Å². The minimum absolute atomic E-state index is 0.0371. The summed E-state index contributed by atoms with van der Waals surface area (Å²) < 4.78 is 44.0. The van der Waals surface area contributed by atoms with Crippen molar-refractivity contribution in [1.29, 1.82) is 0 Å². The molecule has 2 aromatic carbocycles. The van der Waals surface area contributed by atoms with Crippen LogP contribution in [0.1, 0.15) is 5.56 Å². The lowest BCUT2D eigenvalue weighted by molar-refractivity contribution is -0.137. The fraction of sp³-hybridized carbons (Fsp3) is 0.125. The van der Waals surface area contributed by atoms with Gasteiger partial charge in [0.2, 0.25) is 0 Å². The molecule has 0 aliphatic carbocycles. The second-order valence-electron chi connectivity index (χ2n) is 5.01. The molecule has 25 heavy (non-hydrogen) atoms. The number of carbonyl (C=O) groups is 1. The van der Waals surface area contributed by atoms with Gasteiger partial charge in [-0.15, -0.1) is 0 Å². The van der Waals surface area contributed by atoms with Gasteiger partial charge in [0.25, 0.3) is 0 Å². The Balaban J connectivity index is 1.72. The van der Waals surface area contributed by atoms with Crippen LogP contribution in [0.5, 0.6) is 5.75 Å². The summed E-state index contributed by atoms with van der Waals surface area (Å²) in [7, 11) is 1.55. The van der Waals surface area contributed by atoms with Crippen molar-refractivity contribution in [2.24, 2.45) is 0 Å². The third kappa shape index (κ3) is 4.00. The van der Waals surface area contributed by atoms with E-state index in [2.05, 4.69) is 15.6 Å². The summed E-state index contributed by atoms with van der Waals surface area (Å²) in [4.78, 5) is 16.2. The van der Waals surface area contributed by atoms with Crippen molar-refractivity contribution >= 4 is 38.4 Å². The Morgan fingerprint density at radius 1 is 1.16 bits per heavy atom. The van der Waals surface area contributed by atoms with Crippen molar-refractivity contribution in [3.8, 4) is 5.75 Å². The fourth-order valence-corrected chi connectivity index (χ4v) is 3.01. The first-order chi connectivity index (χ1) is 11.8. The van der Waals surface area contributed by atoms with Crippen molar-refractivity contribution in [2.45, 2.75) is 6.18 Å². The molecule has 0 radical (unpaired) electrons. The molecule has 3 aromatic rings. The van der Waals surface area contributed by atoms with E-state index in [0.29, 0.717) is 16.4 Å². The number of thiazole rings is 1. The number of nitrogens with zero attached hydrogens (tertiary/aromatic N) is 1. The number of alkyl halides is 3. The van der Waals surface area contributed by atoms with Gasteiger partial charge in [-0.3, -0.25) is 5.32 Å². The van der Waals surface area contributed by atoms with Gasteiger partial charge in [-0.05, 0) is 36.4 Å². The quantitative estimate of drug-likeness (QED) is 0.687. The lowest BCUT2D eigenvalue weighted by Gasteiger charge is -2.09. The smallest absolute Gasteiger partial charge is 0.416 e. The van der Waals surface area contributed by atoms with Crippen LogP contribution in [0.15, 0.2) is 42.5 Å². The third-order valence-corrected chi connectivity index (χ3v) is 4.20. The summed E-state index contributed by atoms with van der Waals surface area (Å²) in [6.45, 7) is 0. The van der Waals surface area contributed by atoms with E-state index in [1.165, 1.54) is 23.5 Å². The Hall–Kier alpha value is -2.81. The van der Waals surface area contributed by atoms with Gasteiger partial charge < -0.3 is 10.1 Å². The fourth-order valence-electron chi connectivity index (χ4n) is 2.12. The maximum absolute atomic E-state index is 12.7. The second kappa shape index (κ2) is 6.60. The number of benzene rings is 2. The van der Waals surface area contributed by atoms with Crippen LogP contribution in [0.25, 0.3) is 10.2 Å². The number of carbonyl (C=O) groups excluding carboxylic acids is 1. The molecule has 1 heterocycles. The monoisotopic (exact) mass is 367 g/mol. The van der Waals surface area contributed by atoms with Crippen molar-refractivity contribution < 1.29 is 22.7 Å². The molecule has 0 aliphatic rings. The van der Waals surface area contributed by atoms with E-state index in [4.69, 9.17) is 4.74 Å². The topological polar surface area (TPSA) is 63.2 Å². The number of aromatic nitrogens is 1. The van der Waals surface area contributed by atoms with Crippen LogP contribution in [-0.2, 0) is 6.18 Å². The molecule has 9 heteroatoms. The van der Waals surface area contributed by atoms with Crippen molar-refractivity contribution in [3.05, 3.63) is 48.0 Å². The highest BCUT2D eigenvalue weighted by molar-refractivity contribution is 7.22. The highest BCUT2D eigenvalue weighted by atomic mass is 32.1. The molecule has 2 N–H and O–H groups in total. The highest BCUT2D eigenvalue weighted by Crippen LogP contribution is 2.31. The predicted molar refractivity (Wildman–Crippen MR) is 90.3 cm³/mol. The molecule has 0 atom stereocenters. The molecule has 1 aromatic heterocycles. The number of fused-ring (bicyclic) bond motifs is 1. The molecule has 0 saturated heterocycles. The van der Waals surface area contributed by atoms with Crippen molar-refractivity contribution in [1.82, 2.24) is 4.98 Å². The van der Waals surface area contributed by atoms with Gasteiger partial charge in [0.05, 0.1) is 22.9 Å². The van der Waals surface area contributed by atoms with Crippen LogP contribution in [0.4, 0.5) is 28.8 Å². The number of rotatable bonds is 3. The van der Waals surface area contributed by atoms with Crippen LogP contribution in [0.2, 0.25) is 0 Å². The maximum Gasteiger partial charge on any atom is 0.416 e. The minimum Gasteiger partial charge on any atom is -0.497 e. The van der Waals surface area contributed by atoms with Crippen LogP contribution < -0.4 is 15.4 Å². The SMILES string of the molecule is COc1ccc2nc(NC(=O)Nc3cccc(C(F)(F)F)c3)sc2c1. The number of anilines is 2. The van der Waals surface area contributed by atoms with Crippen LogP contribution in [0.3, 0.4) is 0 Å². The van der Waals surface area contributed by atoms with Gasteiger partial charge in [-0.25, -0.2) is 9.78 Å². The van der Waals surface area contributed by atoms with E-state index < -0.39 is 17.8 Å². The molecular formula is C16H12F3N3O2S. The minimum atomic E-state index is -4.47. The molecule has 0 spiro atoms. The van der Waals surface area contributed by atoms with Gasteiger partial charge in [-0.2, -0.15) is 13.2 Å². The van der Waals surface area contributed by atoms with Crippen LogP contribution in [-0.4, -0.2) is 18.1 Å². The summed E-state index contributed by atoms with van der Waals surface area (Å²) in [5, 5.41) is 5.20. The summed E-state index contributed by atoms with van der Waals surface area (Å²) in [6, 6.07) is 9.00. The summed E-state index contributed by atoms with van der Waals surface area (Å²) in [5.41, 5.74) is -0.118. The Morgan fingerprint density at radius 2 is 1.96 bits per heavy atom. The largest absolute Gasteiger partial charge is 0.497 e. The Kier molecular flexibility index (Phi) is 4.49. The van der Waals surface area contributed by atoms with E-state index in [9.17, 15) is 18.0 Å². The number of hydrogen-bond acceptors (Lipinski definition) is 4. The van der Waals surface area contributed by atoms with Gasteiger partial charge in [-0.1, -0.05) is 17.4 Å². The van der Waals surface area contributed by atoms with E-state index >= 15 is 0 Å². The first-order valence-corrected chi connectivity index (χ1v) is 7.86. The number of halogens is 3. The zero-order valence-electron chi connectivity index (χ0n) is 12.8. The van der Waals surface area contributed by atoms with E-state index in [1.54, 1.807) is 25.3 Å². The van der Waals surface area contributed by atoms with Gasteiger partial charge in [0, 0.05) is 5.69 Å². The number of methoxy groups -OCH3 is 1. The lowest BCUT2D eigenvalue weighted by Crippen LogP contribution is -2.19. The highest BCUT2D eigenvalue weighted by Gasteiger charge is 2.30. The maximum atomic E-state index is 12.7. The molecule has 130 valence electrons. The normalized spacial score (nSPS) is 11.4. The number of ether oxygens (including phenoxy) is 1. The molecule has 5 nitrogen and oxygen atoms in total. The average molecular weight is 367 g/mol. The van der Waals surface area contributed by atoms with Crippen molar-refractivity contribution in [2.75, 3.05) is 17.7 Å². The van der Waals surface area contributed by atoms with E-state index in [1.807, 2.05) is 0 Å². The van der Waals surface area contributed by atoms with Crippen LogP contribution in [0, 0.1) is 0 Å². The van der Waals surface area contributed by atoms with E-state index in [-0.39, 0.29) is 5.69 Å². The van der Waals surface area contributed by atoms with Gasteiger partial charge in [0.15, 0.2) is 5.13 Å². The average Bonchev–Trinajstić information content (AvgIpc) is 2.95. The molecule has 2 amide bonds. The van der Waals surface area contributed by atoms with E-state index in [0.717, 1.165) is 16.8 Å². The first-order valence-electron chi connectivity index (χ1n) is 7.05. The third-order valence-electron chi connectivity index (χ3n) is 3.26. The molecule has 0 fully saturated rings. The molecule has 0 bridgehead atoms. The predicted octanol–water partition coefficient (Wildman–Crippen LogP) is 4.97.